The number of ether oxygens (including phenoxy) is 2. The van der Waals surface area contributed by atoms with Gasteiger partial charge < -0.3 is 9.47 Å². The smallest absolute Gasteiger partial charge is 0.293 e. The van der Waals surface area contributed by atoms with Crippen LogP contribution >= 0.6 is 35.0 Å². The van der Waals surface area contributed by atoms with Crippen LogP contribution < -0.4 is 9.47 Å². The number of thioether (sulfide) groups is 1. The molecule has 1 heterocycles. The summed E-state index contributed by atoms with van der Waals surface area (Å²) in [5, 5.41) is 0.697. The van der Waals surface area contributed by atoms with Gasteiger partial charge in [-0.15, -0.1) is 0 Å². The van der Waals surface area contributed by atoms with E-state index in [-0.39, 0.29) is 17.2 Å². The molecule has 0 saturated carbocycles. The van der Waals surface area contributed by atoms with Crippen LogP contribution in [-0.2, 0) is 11.4 Å². The van der Waals surface area contributed by atoms with E-state index in [0.29, 0.717) is 39.7 Å². The van der Waals surface area contributed by atoms with Crippen molar-refractivity contribution in [2.24, 2.45) is 0 Å². The molecule has 0 N–H and O–H groups in total. The number of amides is 2. The minimum absolute atomic E-state index is 0.181. The number of halogens is 2. The normalized spacial score (nSPS) is 15.4. The van der Waals surface area contributed by atoms with Crippen molar-refractivity contribution in [2.75, 3.05) is 6.61 Å². The number of carbonyl (C=O) groups excluding carboxylic acids is 2. The van der Waals surface area contributed by atoms with Crippen molar-refractivity contribution >= 4 is 52.2 Å². The van der Waals surface area contributed by atoms with Crippen LogP contribution in [0.25, 0.3) is 6.08 Å². The third-order valence-corrected chi connectivity index (χ3v) is 5.91. The molecular formula is C22H21Cl2NO4S. The van der Waals surface area contributed by atoms with Gasteiger partial charge in [0.05, 0.1) is 21.6 Å². The number of carbonyl (C=O) groups is 2. The molecule has 158 valence electrons. The Morgan fingerprint density at radius 2 is 1.80 bits per heavy atom. The van der Waals surface area contributed by atoms with Gasteiger partial charge in [0.2, 0.25) is 0 Å². The number of hydrogen-bond donors (Lipinski definition) is 0. The highest BCUT2D eigenvalue weighted by Crippen LogP contribution is 2.36. The lowest BCUT2D eigenvalue weighted by Gasteiger charge is -2.16. The highest BCUT2D eigenvalue weighted by Gasteiger charge is 2.36. The Morgan fingerprint density at radius 1 is 1.03 bits per heavy atom. The van der Waals surface area contributed by atoms with Crippen molar-refractivity contribution in [1.82, 2.24) is 4.90 Å². The predicted molar refractivity (Wildman–Crippen MR) is 121 cm³/mol. The Hall–Kier alpha value is -2.15. The average molecular weight is 466 g/mol. The minimum Gasteiger partial charge on any atom is -0.490 e. The molecule has 1 fully saturated rings. The summed E-state index contributed by atoms with van der Waals surface area (Å²) in [4.78, 5) is 26.2. The summed E-state index contributed by atoms with van der Waals surface area (Å²) in [7, 11) is 0. The lowest BCUT2D eigenvalue weighted by Crippen LogP contribution is -2.34. The molecule has 0 aromatic heterocycles. The maximum atomic E-state index is 12.5. The summed E-state index contributed by atoms with van der Waals surface area (Å²) >= 11 is 12.9. The number of nitrogens with zero attached hydrogens (tertiary/aromatic N) is 1. The molecular weight excluding hydrogens is 445 g/mol. The fourth-order valence-electron chi connectivity index (χ4n) is 2.87. The molecule has 5 nitrogen and oxygen atoms in total. The Kier molecular flexibility index (Phi) is 7.34. The molecule has 30 heavy (non-hydrogen) atoms. The van der Waals surface area contributed by atoms with Gasteiger partial charge in [-0.1, -0.05) is 35.3 Å². The van der Waals surface area contributed by atoms with Crippen LogP contribution in [-0.4, -0.2) is 28.7 Å². The highest BCUT2D eigenvalue weighted by molar-refractivity contribution is 8.18. The predicted octanol–water partition coefficient (Wildman–Crippen LogP) is 6.42. The summed E-state index contributed by atoms with van der Waals surface area (Å²) in [5.74, 6) is 0.836. The zero-order chi connectivity index (χ0) is 21.8. The molecule has 0 aliphatic carbocycles. The first-order valence-corrected chi connectivity index (χ1v) is 11.0. The van der Waals surface area contributed by atoms with Crippen LogP contribution in [0.3, 0.4) is 0 Å². The molecule has 0 atom stereocenters. The van der Waals surface area contributed by atoms with E-state index >= 15 is 0 Å². The third-order valence-electron chi connectivity index (χ3n) is 4.28. The van der Waals surface area contributed by atoms with E-state index in [2.05, 4.69) is 0 Å². The molecule has 0 bridgehead atoms. The van der Waals surface area contributed by atoms with Gasteiger partial charge in [0.1, 0.15) is 6.61 Å². The van der Waals surface area contributed by atoms with Gasteiger partial charge in [-0.3, -0.25) is 14.5 Å². The molecule has 0 radical (unpaired) electrons. The van der Waals surface area contributed by atoms with Gasteiger partial charge in [-0.2, -0.15) is 0 Å². The molecule has 8 heteroatoms. The Labute approximate surface area is 189 Å². The zero-order valence-electron chi connectivity index (χ0n) is 16.8. The molecule has 0 unspecified atom stereocenters. The Balaban J connectivity index is 1.80. The Bertz CT molecular complexity index is 1010. The summed E-state index contributed by atoms with van der Waals surface area (Å²) in [6.45, 7) is 6.25. The van der Waals surface area contributed by atoms with Crippen LogP contribution in [0.5, 0.6) is 11.5 Å². The summed E-state index contributed by atoms with van der Waals surface area (Å²) in [6.07, 6.45) is 1.69. The standard InChI is InChI=1S/C22H21Cl2NO4S/c1-4-28-19-10-14(11-20-21(26)25(13(2)3)22(27)30-20)6-8-18(19)29-12-15-5-7-16(23)17(24)9-15/h5-11,13H,4,12H2,1-3H3/b20-11+. The van der Waals surface area contributed by atoms with Crippen LogP contribution in [0.2, 0.25) is 10.0 Å². The molecule has 0 spiro atoms. The second kappa shape index (κ2) is 9.77. The number of imide groups is 1. The first-order valence-electron chi connectivity index (χ1n) is 9.40. The average Bonchev–Trinajstić information content (AvgIpc) is 2.97. The molecule has 2 aromatic carbocycles. The molecule has 2 aromatic rings. The molecule has 3 rings (SSSR count). The highest BCUT2D eigenvalue weighted by atomic mass is 35.5. The lowest BCUT2D eigenvalue weighted by atomic mass is 10.1. The molecule has 1 saturated heterocycles. The van der Waals surface area contributed by atoms with Gasteiger partial charge in [-0.25, -0.2) is 0 Å². The zero-order valence-corrected chi connectivity index (χ0v) is 19.1. The van der Waals surface area contributed by atoms with E-state index in [4.69, 9.17) is 32.7 Å². The van der Waals surface area contributed by atoms with Crippen molar-refractivity contribution in [3.8, 4) is 11.5 Å². The van der Waals surface area contributed by atoms with Gasteiger partial charge in [-0.05, 0) is 74.0 Å². The number of benzene rings is 2. The van der Waals surface area contributed by atoms with Crippen molar-refractivity contribution in [3.63, 3.8) is 0 Å². The van der Waals surface area contributed by atoms with Crippen LogP contribution in [0.4, 0.5) is 4.79 Å². The largest absolute Gasteiger partial charge is 0.490 e. The second-order valence-corrected chi connectivity index (χ2v) is 8.63. The van der Waals surface area contributed by atoms with E-state index < -0.39 is 0 Å². The summed E-state index contributed by atoms with van der Waals surface area (Å²) in [6, 6.07) is 10.5. The van der Waals surface area contributed by atoms with Gasteiger partial charge in [0.15, 0.2) is 11.5 Å². The van der Waals surface area contributed by atoms with E-state index in [1.807, 2.05) is 32.9 Å². The minimum atomic E-state index is -0.280. The summed E-state index contributed by atoms with van der Waals surface area (Å²) < 4.78 is 11.6. The maximum absolute atomic E-state index is 12.5. The summed E-state index contributed by atoms with van der Waals surface area (Å²) in [5.41, 5.74) is 1.62. The molecule has 1 aliphatic heterocycles. The van der Waals surface area contributed by atoms with Crippen molar-refractivity contribution in [2.45, 2.75) is 33.4 Å². The number of rotatable bonds is 7. The van der Waals surface area contributed by atoms with Gasteiger partial charge in [0.25, 0.3) is 11.1 Å². The SMILES string of the molecule is CCOc1cc(/C=C2/SC(=O)N(C(C)C)C2=O)ccc1OCc1ccc(Cl)c(Cl)c1. The van der Waals surface area contributed by atoms with Gasteiger partial charge in [0, 0.05) is 6.04 Å². The van der Waals surface area contributed by atoms with Gasteiger partial charge >= 0.3 is 0 Å². The van der Waals surface area contributed by atoms with E-state index in [1.165, 1.54) is 4.90 Å². The van der Waals surface area contributed by atoms with Crippen molar-refractivity contribution in [3.05, 3.63) is 62.5 Å². The van der Waals surface area contributed by atoms with Crippen LogP contribution in [0, 0.1) is 0 Å². The van der Waals surface area contributed by atoms with E-state index in [1.54, 1.807) is 30.3 Å². The fourth-order valence-corrected chi connectivity index (χ4v) is 4.15. The van der Waals surface area contributed by atoms with E-state index in [9.17, 15) is 9.59 Å². The lowest BCUT2D eigenvalue weighted by molar-refractivity contribution is -0.123. The first kappa shape index (κ1) is 22.5. The monoisotopic (exact) mass is 465 g/mol. The molecule has 1 aliphatic rings. The Morgan fingerprint density at radius 3 is 2.43 bits per heavy atom. The van der Waals surface area contributed by atoms with Crippen molar-refractivity contribution in [1.29, 1.82) is 0 Å². The second-order valence-electron chi connectivity index (χ2n) is 6.82. The quantitative estimate of drug-likeness (QED) is 0.441. The van der Waals surface area contributed by atoms with E-state index in [0.717, 1.165) is 22.9 Å². The maximum Gasteiger partial charge on any atom is 0.293 e. The molecule has 2 amide bonds. The van der Waals surface area contributed by atoms with Crippen LogP contribution in [0.1, 0.15) is 31.9 Å². The van der Waals surface area contributed by atoms with Crippen molar-refractivity contribution < 1.29 is 19.1 Å². The fraction of sp³-hybridized carbons (Fsp3) is 0.273. The number of hydrogen-bond acceptors (Lipinski definition) is 5. The van der Waals surface area contributed by atoms with Crippen LogP contribution in [0.15, 0.2) is 41.3 Å². The first-order chi connectivity index (χ1) is 14.3. The third kappa shape index (κ3) is 5.12. The topological polar surface area (TPSA) is 55.8 Å².